The van der Waals surface area contributed by atoms with E-state index in [0.29, 0.717) is 11.1 Å². The van der Waals surface area contributed by atoms with Gasteiger partial charge in [-0.05, 0) is 33.7 Å². The molecule has 0 aliphatic heterocycles. The van der Waals surface area contributed by atoms with Crippen LogP contribution in [0.3, 0.4) is 0 Å². The summed E-state index contributed by atoms with van der Waals surface area (Å²) in [7, 11) is 0. The highest BCUT2D eigenvalue weighted by molar-refractivity contribution is 6.10. The van der Waals surface area contributed by atoms with Crippen molar-refractivity contribution in [2.75, 3.05) is 13.2 Å². The highest BCUT2D eigenvalue weighted by Crippen LogP contribution is 2.45. The van der Waals surface area contributed by atoms with Crippen LogP contribution in [0.25, 0.3) is 32.7 Å². The van der Waals surface area contributed by atoms with Gasteiger partial charge in [-0.25, -0.2) is 9.59 Å². The predicted octanol–water partition coefficient (Wildman–Crippen LogP) is 5.96. The van der Waals surface area contributed by atoms with E-state index in [2.05, 4.69) is 11.8 Å². The van der Waals surface area contributed by atoms with Gasteiger partial charge in [-0.15, -0.1) is 12.8 Å². The SMILES string of the molecule is C#CCOC(=O)Oc1ccc2ccccc2c1-c1c(OC(=O)OCC#C)ccc2ccccc12. The Kier molecular flexibility index (Phi) is 6.63. The summed E-state index contributed by atoms with van der Waals surface area (Å²) in [6, 6.07) is 22.0. The van der Waals surface area contributed by atoms with Crippen molar-refractivity contribution in [3.05, 3.63) is 72.8 Å². The first-order valence-corrected chi connectivity index (χ1v) is 10.2. The van der Waals surface area contributed by atoms with Crippen LogP contribution in [0.2, 0.25) is 0 Å². The van der Waals surface area contributed by atoms with Crippen LogP contribution in [-0.2, 0) is 9.47 Å². The van der Waals surface area contributed by atoms with E-state index in [9.17, 15) is 9.59 Å². The molecule has 6 nitrogen and oxygen atoms in total. The van der Waals surface area contributed by atoms with E-state index in [1.54, 1.807) is 12.1 Å². The Morgan fingerprint density at radius 2 is 1.03 bits per heavy atom. The third-order valence-corrected chi connectivity index (χ3v) is 4.96. The van der Waals surface area contributed by atoms with Crippen LogP contribution in [0.5, 0.6) is 11.5 Å². The van der Waals surface area contributed by atoms with Crippen LogP contribution in [0.15, 0.2) is 72.8 Å². The van der Waals surface area contributed by atoms with Gasteiger partial charge in [0.2, 0.25) is 0 Å². The average Bonchev–Trinajstić information content (AvgIpc) is 2.86. The molecule has 0 aliphatic rings. The molecule has 4 rings (SSSR count). The molecular weight excluding hydrogens is 432 g/mol. The fourth-order valence-electron chi connectivity index (χ4n) is 3.63. The first kappa shape index (κ1) is 22.3. The van der Waals surface area contributed by atoms with Crippen molar-refractivity contribution in [2.24, 2.45) is 0 Å². The van der Waals surface area contributed by atoms with E-state index in [0.717, 1.165) is 21.5 Å². The molecule has 0 aliphatic carbocycles. The summed E-state index contributed by atoms with van der Waals surface area (Å²) in [5.41, 5.74) is 1.07. The summed E-state index contributed by atoms with van der Waals surface area (Å²) >= 11 is 0. The Morgan fingerprint density at radius 3 is 1.44 bits per heavy atom. The van der Waals surface area contributed by atoms with Gasteiger partial charge in [0.15, 0.2) is 13.2 Å². The smallest absolute Gasteiger partial charge is 0.421 e. The van der Waals surface area contributed by atoms with Crippen molar-refractivity contribution < 1.29 is 28.5 Å². The van der Waals surface area contributed by atoms with Crippen molar-refractivity contribution in [3.63, 3.8) is 0 Å². The number of fused-ring (bicyclic) bond motifs is 2. The predicted molar refractivity (Wildman–Crippen MR) is 129 cm³/mol. The van der Waals surface area contributed by atoms with Gasteiger partial charge in [-0.1, -0.05) is 72.5 Å². The minimum Gasteiger partial charge on any atom is -0.421 e. The quantitative estimate of drug-likeness (QED) is 0.212. The number of ether oxygens (including phenoxy) is 4. The Hall–Kier alpha value is -4.94. The molecule has 0 heterocycles. The minimum absolute atomic E-state index is 0.207. The van der Waals surface area contributed by atoms with Gasteiger partial charge < -0.3 is 18.9 Å². The van der Waals surface area contributed by atoms with E-state index < -0.39 is 12.3 Å². The van der Waals surface area contributed by atoms with Gasteiger partial charge >= 0.3 is 12.3 Å². The van der Waals surface area contributed by atoms with Crippen LogP contribution in [0.1, 0.15) is 0 Å². The lowest BCUT2D eigenvalue weighted by Gasteiger charge is -2.18. The molecule has 4 aromatic carbocycles. The molecule has 0 amide bonds. The molecule has 4 aromatic rings. The summed E-state index contributed by atoms with van der Waals surface area (Å²) in [6.07, 6.45) is 8.44. The van der Waals surface area contributed by atoms with Gasteiger partial charge in [0.1, 0.15) is 11.5 Å². The number of terminal acetylenes is 2. The maximum absolute atomic E-state index is 12.3. The molecule has 0 saturated carbocycles. The van der Waals surface area contributed by atoms with Gasteiger partial charge in [-0.2, -0.15) is 0 Å². The molecule has 0 fully saturated rings. The van der Waals surface area contributed by atoms with E-state index in [4.69, 9.17) is 31.8 Å². The van der Waals surface area contributed by atoms with Crippen molar-refractivity contribution >= 4 is 33.9 Å². The van der Waals surface area contributed by atoms with Crippen LogP contribution in [0.4, 0.5) is 9.59 Å². The van der Waals surface area contributed by atoms with Crippen molar-refractivity contribution in [1.82, 2.24) is 0 Å². The summed E-state index contributed by atoms with van der Waals surface area (Å²) in [5.74, 6) is 4.86. The monoisotopic (exact) mass is 450 g/mol. The average molecular weight is 450 g/mol. The molecule has 6 heteroatoms. The highest BCUT2D eigenvalue weighted by Gasteiger charge is 2.22. The molecule has 0 bridgehead atoms. The maximum atomic E-state index is 12.3. The lowest BCUT2D eigenvalue weighted by Crippen LogP contribution is -2.13. The molecule has 166 valence electrons. The Labute approximate surface area is 196 Å². The van der Waals surface area contributed by atoms with Gasteiger partial charge in [0, 0.05) is 11.1 Å². The van der Waals surface area contributed by atoms with E-state index in [-0.39, 0.29) is 24.7 Å². The molecule has 0 atom stereocenters. The summed E-state index contributed by atoms with van der Waals surface area (Å²) in [5, 5.41) is 3.30. The number of hydrogen-bond acceptors (Lipinski definition) is 6. The zero-order valence-electron chi connectivity index (χ0n) is 17.9. The maximum Gasteiger partial charge on any atom is 0.514 e. The Morgan fingerprint density at radius 1 is 0.618 bits per heavy atom. The second-order valence-electron chi connectivity index (χ2n) is 7.01. The van der Waals surface area contributed by atoms with E-state index in [1.165, 1.54) is 0 Å². The number of carbonyl (C=O) groups is 2. The van der Waals surface area contributed by atoms with Crippen molar-refractivity contribution in [3.8, 4) is 47.3 Å². The summed E-state index contributed by atoms with van der Waals surface area (Å²) in [6.45, 7) is -0.462. The standard InChI is InChI=1S/C28H18O6/c1-3-17-31-27(29)33-23-15-13-19-9-5-7-11-21(19)25(23)26-22-12-8-6-10-20(22)14-16-24(26)34-28(30)32-18-4-2/h1-2,5-16H,17-18H2. The second-order valence-corrected chi connectivity index (χ2v) is 7.01. The first-order chi connectivity index (χ1) is 16.6. The number of hydrogen-bond donors (Lipinski definition) is 0. The fourth-order valence-corrected chi connectivity index (χ4v) is 3.63. The van der Waals surface area contributed by atoms with E-state index >= 15 is 0 Å². The van der Waals surface area contributed by atoms with Crippen LogP contribution in [-0.4, -0.2) is 25.5 Å². The molecular formula is C28H18O6. The lowest BCUT2D eigenvalue weighted by molar-refractivity contribution is 0.110. The van der Waals surface area contributed by atoms with Gasteiger partial charge in [0.25, 0.3) is 0 Å². The third kappa shape index (κ3) is 4.62. The minimum atomic E-state index is -0.953. The lowest BCUT2D eigenvalue weighted by atomic mass is 9.92. The topological polar surface area (TPSA) is 71.1 Å². The third-order valence-electron chi connectivity index (χ3n) is 4.96. The molecule has 34 heavy (non-hydrogen) atoms. The summed E-state index contributed by atoms with van der Waals surface area (Å²) < 4.78 is 20.9. The second kappa shape index (κ2) is 10.1. The number of rotatable bonds is 5. The molecule has 0 N–H and O–H groups in total. The molecule has 0 unspecified atom stereocenters. The van der Waals surface area contributed by atoms with Crippen LogP contribution < -0.4 is 9.47 Å². The molecule has 0 saturated heterocycles. The zero-order valence-corrected chi connectivity index (χ0v) is 17.9. The fraction of sp³-hybridized carbons (Fsp3) is 0.0714. The Balaban J connectivity index is 1.97. The van der Waals surface area contributed by atoms with Crippen molar-refractivity contribution in [1.29, 1.82) is 0 Å². The van der Waals surface area contributed by atoms with Crippen molar-refractivity contribution in [2.45, 2.75) is 0 Å². The highest BCUT2D eigenvalue weighted by atomic mass is 16.7. The molecule has 0 radical (unpaired) electrons. The molecule has 0 spiro atoms. The Bertz CT molecular complexity index is 1360. The zero-order chi connectivity index (χ0) is 23.9. The molecule has 0 aromatic heterocycles. The van der Waals surface area contributed by atoms with E-state index in [1.807, 2.05) is 60.7 Å². The first-order valence-electron chi connectivity index (χ1n) is 10.2. The van der Waals surface area contributed by atoms with Gasteiger partial charge in [0.05, 0.1) is 0 Å². The number of carbonyl (C=O) groups excluding carboxylic acids is 2. The summed E-state index contributed by atoms with van der Waals surface area (Å²) in [4.78, 5) is 24.5. The normalized spacial score (nSPS) is 10.2. The van der Waals surface area contributed by atoms with Crippen LogP contribution in [0, 0.1) is 24.7 Å². The van der Waals surface area contributed by atoms with Gasteiger partial charge in [-0.3, -0.25) is 0 Å². The van der Waals surface area contributed by atoms with Crippen LogP contribution >= 0.6 is 0 Å². The number of benzene rings is 4. The largest absolute Gasteiger partial charge is 0.514 e.